The number of hydrogen-bond acceptors (Lipinski definition) is 3. The second-order valence-corrected chi connectivity index (χ2v) is 9.87. The molecule has 6 rings (SSSR count). The first-order chi connectivity index (χ1) is 14.6. The highest BCUT2D eigenvalue weighted by molar-refractivity contribution is 6.35. The van der Waals surface area contributed by atoms with E-state index >= 15 is 0 Å². The van der Waals surface area contributed by atoms with Crippen molar-refractivity contribution in [2.75, 3.05) is 13.1 Å². The number of aromatic hydroxyl groups is 1. The summed E-state index contributed by atoms with van der Waals surface area (Å²) in [6, 6.07) is 14.0. The molecule has 3 aliphatic rings. The molecule has 2 aliphatic carbocycles. The van der Waals surface area contributed by atoms with Crippen molar-refractivity contribution in [1.82, 2.24) is 9.88 Å². The molecule has 5 heteroatoms. The van der Waals surface area contributed by atoms with E-state index < -0.39 is 0 Å². The molecule has 3 N–H and O–H groups in total. The first kappa shape index (κ1) is 18.7. The van der Waals surface area contributed by atoms with Crippen LogP contribution < -0.4 is 0 Å². The van der Waals surface area contributed by atoms with Crippen molar-refractivity contribution < 1.29 is 10.2 Å². The molecule has 0 bridgehead atoms. The molecule has 0 spiro atoms. The molecule has 2 heterocycles. The zero-order valence-corrected chi connectivity index (χ0v) is 17.6. The number of aliphatic hydroxyl groups excluding tert-OH is 1. The topological polar surface area (TPSA) is 59.5 Å². The van der Waals surface area contributed by atoms with E-state index in [1.807, 2.05) is 24.3 Å². The fourth-order valence-corrected chi connectivity index (χ4v) is 6.28. The Bertz CT molecular complexity index is 1110. The highest BCUT2D eigenvalue weighted by atomic mass is 35.5. The van der Waals surface area contributed by atoms with Gasteiger partial charge in [-0.1, -0.05) is 35.9 Å². The van der Waals surface area contributed by atoms with E-state index in [0.717, 1.165) is 48.5 Å². The zero-order valence-electron chi connectivity index (χ0n) is 16.9. The van der Waals surface area contributed by atoms with Crippen molar-refractivity contribution in [1.29, 1.82) is 0 Å². The van der Waals surface area contributed by atoms with Gasteiger partial charge in [0.05, 0.1) is 16.6 Å². The van der Waals surface area contributed by atoms with Gasteiger partial charge in [0.25, 0.3) is 0 Å². The van der Waals surface area contributed by atoms with E-state index in [-0.39, 0.29) is 18.1 Å². The number of halogens is 1. The average Bonchev–Trinajstić information content (AvgIpc) is 3.32. The van der Waals surface area contributed by atoms with Crippen LogP contribution in [-0.4, -0.2) is 39.3 Å². The molecule has 3 aromatic rings. The largest absolute Gasteiger partial charge is 0.508 e. The smallest absolute Gasteiger partial charge is 0.115 e. The SMILES string of the molecule is Oc1cccc(C(C2CC2O)N2CCC3Cc4[nH]c5c(Cl)cccc5c4CC3C2)c1. The molecule has 1 saturated heterocycles. The van der Waals surface area contributed by atoms with Gasteiger partial charge in [-0.05, 0) is 73.4 Å². The van der Waals surface area contributed by atoms with Crippen molar-refractivity contribution in [2.24, 2.45) is 17.8 Å². The number of likely N-dealkylation sites (tertiary alicyclic amines) is 1. The van der Waals surface area contributed by atoms with Gasteiger partial charge in [-0.3, -0.25) is 4.90 Å². The monoisotopic (exact) mass is 422 g/mol. The number of hydrogen-bond donors (Lipinski definition) is 3. The maximum absolute atomic E-state index is 10.2. The fraction of sp³-hybridized carbons (Fsp3) is 0.440. The summed E-state index contributed by atoms with van der Waals surface area (Å²) in [6.45, 7) is 2.09. The van der Waals surface area contributed by atoms with Gasteiger partial charge in [0.15, 0.2) is 0 Å². The number of benzene rings is 2. The minimum atomic E-state index is -0.219. The van der Waals surface area contributed by atoms with Gasteiger partial charge in [0.1, 0.15) is 5.75 Å². The molecule has 0 radical (unpaired) electrons. The number of fused-ring (bicyclic) bond motifs is 4. The lowest BCUT2D eigenvalue weighted by Crippen LogP contribution is -2.46. The summed E-state index contributed by atoms with van der Waals surface area (Å²) < 4.78 is 0. The third-order valence-electron chi connectivity index (χ3n) is 7.65. The van der Waals surface area contributed by atoms with Crippen LogP contribution in [0.1, 0.15) is 35.7 Å². The lowest BCUT2D eigenvalue weighted by Gasteiger charge is -2.44. The summed E-state index contributed by atoms with van der Waals surface area (Å²) >= 11 is 6.45. The number of para-hydroxylation sites is 1. The molecule has 1 aliphatic heterocycles. The molecule has 5 unspecified atom stereocenters. The minimum absolute atomic E-state index is 0.187. The van der Waals surface area contributed by atoms with Gasteiger partial charge in [0.2, 0.25) is 0 Å². The standard InChI is InChI=1S/C25H27ClN2O2/c26-21-6-2-5-18-19-10-16-13-28(8-7-14(16)11-22(19)27-24(18)21)25(20-12-23(20)30)15-3-1-4-17(29)9-15/h1-6,9,14,16,20,23,25,27,29-30H,7-8,10-13H2. The van der Waals surface area contributed by atoms with E-state index in [2.05, 4.69) is 22.0 Å². The number of aromatic amines is 1. The van der Waals surface area contributed by atoms with Crippen molar-refractivity contribution in [3.63, 3.8) is 0 Å². The Kier molecular flexibility index (Phi) is 4.38. The molecule has 1 saturated carbocycles. The summed E-state index contributed by atoms with van der Waals surface area (Å²) in [5, 5.41) is 22.3. The Hall–Kier alpha value is -2.01. The Morgan fingerprint density at radius 2 is 1.93 bits per heavy atom. The van der Waals surface area contributed by atoms with Gasteiger partial charge in [0, 0.05) is 29.6 Å². The molecular formula is C25H27ClN2O2. The third-order valence-corrected chi connectivity index (χ3v) is 7.96. The number of H-pyrrole nitrogens is 1. The summed E-state index contributed by atoms with van der Waals surface area (Å²) in [6.07, 6.45) is 3.99. The molecule has 30 heavy (non-hydrogen) atoms. The Labute approximate surface area is 181 Å². The van der Waals surface area contributed by atoms with E-state index in [9.17, 15) is 10.2 Å². The van der Waals surface area contributed by atoms with Gasteiger partial charge in [-0.15, -0.1) is 0 Å². The predicted molar refractivity (Wildman–Crippen MR) is 119 cm³/mol. The van der Waals surface area contributed by atoms with Gasteiger partial charge in [-0.25, -0.2) is 0 Å². The lowest BCUT2D eigenvalue weighted by molar-refractivity contribution is 0.0583. The third kappa shape index (κ3) is 3.05. The number of piperidine rings is 1. The summed E-state index contributed by atoms with van der Waals surface area (Å²) in [5.74, 6) is 1.88. The maximum atomic E-state index is 10.2. The van der Waals surface area contributed by atoms with Crippen LogP contribution in [0.4, 0.5) is 0 Å². The van der Waals surface area contributed by atoms with Crippen LogP contribution in [0.3, 0.4) is 0 Å². The number of nitrogens with zero attached hydrogens (tertiary/aromatic N) is 1. The van der Waals surface area contributed by atoms with Crippen LogP contribution in [0.5, 0.6) is 5.75 Å². The highest BCUT2D eigenvalue weighted by Crippen LogP contribution is 2.48. The molecular weight excluding hydrogens is 396 g/mol. The Morgan fingerprint density at radius 1 is 1.10 bits per heavy atom. The van der Waals surface area contributed by atoms with E-state index in [4.69, 9.17) is 11.6 Å². The van der Waals surface area contributed by atoms with Crippen molar-refractivity contribution in [3.8, 4) is 5.75 Å². The van der Waals surface area contributed by atoms with E-state index in [1.165, 1.54) is 23.1 Å². The quantitative estimate of drug-likeness (QED) is 0.574. The van der Waals surface area contributed by atoms with Crippen LogP contribution in [0, 0.1) is 17.8 Å². The second kappa shape index (κ2) is 7.01. The number of aliphatic hydroxyl groups is 1. The fourth-order valence-electron chi connectivity index (χ4n) is 6.06. The van der Waals surface area contributed by atoms with Crippen LogP contribution >= 0.6 is 11.6 Å². The summed E-state index contributed by atoms with van der Waals surface area (Å²) in [4.78, 5) is 6.18. The van der Waals surface area contributed by atoms with Crippen molar-refractivity contribution in [2.45, 2.75) is 37.8 Å². The Morgan fingerprint density at radius 3 is 2.73 bits per heavy atom. The van der Waals surface area contributed by atoms with Crippen LogP contribution in [0.15, 0.2) is 42.5 Å². The number of nitrogens with one attached hydrogen (secondary N) is 1. The summed E-state index contributed by atoms with van der Waals surface area (Å²) in [5.41, 5.74) is 5.02. The molecule has 2 fully saturated rings. The average molecular weight is 423 g/mol. The van der Waals surface area contributed by atoms with Crippen molar-refractivity contribution in [3.05, 3.63) is 64.3 Å². The van der Waals surface area contributed by atoms with Gasteiger partial charge < -0.3 is 15.2 Å². The minimum Gasteiger partial charge on any atom is -0.508 e. The van der Waals surface area contributed by atoms with E-state index in [1.54, 1.807) is 6.07 Å². The Balaban J connectivity index is 1.30. The van der Waals surface area contributed by atoms with Gasteiger partial charge in [-0.2, -0.15) is 0 Å². The molecule has 0 amide bonds. The van der Waals surface area contributed by atoms with Crippen molar-refractivity contribution >= 4 is 22.5 Å². The molecule has 5 atom stereocenters. The summed E-state index contributed by atoms with van der Waals surface area (Å²) in [7, 11) is 0. The second-order valence-electron chi connectivity index (χ2n) is 9.46. The first-order valence-electron chi connectivity index (χ1n) is 11.1. The van der Waals surface area contributed by atoms with Crippen LogP contribution in [0.25, 0.3) is 10.9 Å². The van der Waals surface area contributed by atoms with E-state index in [0.29, 0.717) is 17.6 Å². The zero-order chi connectivity index (χ0) is 20.4. The highest BCUT2D eigenvalue weighted by Gasteiger charge is 2.47. The molecule has 156 valence electrons. The first-order valence-corrected chi connectivity index (χ1v) is 11.5. The maximum Gasteiger partial charge on any atom is 0.115 e. The number of rotatable bonds is 3. The van der Waals surface area contributed by atoms with Crippen LogP contribution in [0.2, 0.25) is 5.02 Å². The van der Waals surface area contributed by atoms with Crippen LogP contribution in [-0.2, 0) is 12.8 Å². The number of phenolic OH excluding ortho intramolecular Hbond substituents is 1. The molecule has 1 aromatic heterocycles. The molecule has 4 nitrogen and oxygen atoms in total. The van der Waals surface area contributed by atoms with Gasteiger partial charge >= 0.3 is 0 Å². The number of phenols is 1. The number of aromatic nitrogens is 1. The predicted octanol–water partition coefficient (Wildman–Crippen LogP) is 4.69. The normalized spacial score (nSPS) is 29.4. The lowest BCUT2D eigenvalue weighted by atomic mass is 9.73. The molecule has 2 aromatic carbocycles.